The van der Waals surface area contributed by atoms with Crippen molar-refractivity contribution in [3.8, 4) is 5.75 Å². The quantitative estimate of drug-likeness (QED) is 0.789. The Morgan fingerprint density at radius 2 is 1.50 bits per heavy atom. The maximum Gasteiger partial charge on any atom is 0.216 e. The molecule has 0 bridgehead atoms. The Kier molecular flexibility index (Phi) is 4.06. The van der Waals surface area contributed by atoms with Crippen LogP contribution >= 0.6 is 34.8 Å². The molecule has 0 unspecified atom stereocenters. The van der Waals surface area contributed by atoms with Gasteiger partial charge in [0, 0.05) is 12.0 Å². The zero-order valence-electron chi connectivity index (χ0n) is 9.41. The van der Waals surface area contributed by atoms with E-state index in [9.17, 15) is 5.11 Å². The molecule has 0 fully saturated rings. The number of halogens is 3. The van der Waals surface area contributed by atoms with Gasteiger partial charge in [-0.3, -0.25) is 0 Å². The minimum atomic E-state index is -1.40. The molecule has 94 valence electrons. The van der Waals surface area contributed by atoms with Crippen molar-refractivity contribution in [1.82, 2.24) is 0 Å². The maximum absolute atomic E-state index is 9.69. The van der Waals surface area contributed by atoms with E-state index in [0.29, 0.717) is 17.7 Å². The standard InChI is InChI=1S/C14H11Cl3O/c15-14(16,17)12-7-5-10(6-8-12)9-11-3-1-2-4-13(11)18/h1-8,18H,9H2. The summed E-state index contributed by atoms with van der Waals surface area (Å²) >= 11 is 17.4. The number of phenolic OH excluding ortho intramolecular Hbond substituents is 1. The van der Waals surface area contributed by atoms with Crippen molar-refractivity contribution < 1.29 is 5.11 Å². The molecule has 0 atom stereocenters. The van der Waals surface area contributed by atoms with Crippen LogP contribution in [0.5, 0.6) is 5.75 Å². The number of alkyl halides is 3. The highest BCUT2D eigenvalue weighted by Gasteiger charge is 2.22. The lowest BCUT2D eigenvalue weighted by Gasteiger charge is -2.12. The van der Waals surface area contributed by atoms with E-state index in [2.05, 4.69) is 0 Å². The van der Waals surface area contributed by atoms with Crippen LogP contribution in [0.2, 0.25) is 0 Å². The first-order valence-corrected chi connectivity index (χ1v) is 6.53. The fourth-order valence-electron chi connectivity index (χ4n) is 1.69. The van der Waals surface area contributed by atoms with Crippen LogP contribution in [-0.2, 0) is 10.2 Å². The van der Waals surface area contributed by atoms with Crippen LogP contribution in [0, 0.1) is 0 Å². The van der Waals surface area contributed by atoms with Crippen LogP contribution in [0.3, 0.4) is 0 Å². The van der Waals surface area contributed by atoms with Crippen LogP contribution in [0.25, 0.3) is 0 Å². The summed E-state index contributed by atoms with van der Waals surface area (Å²) < 4.78 is -1.40. The average Bonchev–Trinajstić information content (AvgIpc) is 2.32. The van der Waals surface area contributed by atoms with Gasteiger partial charge < -0.3 is 5.11 Å². The predicted molar refractivity (Wildman–Crippen MR) is 76.6 cm³/mol. The average molecular weight is 302 g/mol. The van der Waals surface area contributed by atoms with Gasteiger partial charge >= 0.3 is 0 Å². The lowest BCUT2D eigenvalue weighted by atomic mass is 10.0. The van der Waals surface area contributed by atoms with Crippen LogP contribution in [0.1, 0.15) is 16.7 Å². The van der Waals surface area contributed by atoms with E-state index in [0.717, 1.165) is 11.1 Å². The molecule has 0 saturated carbocycles. The Morgan fingerprint density at radius 3 is 2.06 bits per heavy atom. The first kappa shape index (κ1) is 13.5. The molecular weight excluding hydrogens is 291 g/mol. The third-order valence-electron chi connectivity index (χ3n) is 2.67. The largest absolute Gasteiger partial charge is 0.508 e. The van der Waals surface area contributed by atoms with Crippen molar-refractivity contribution in [1.29, 1.82) is 0 Å². The van der Waals surface area contributed by atoms with Crippen molar-refractivity contribution in [3.05, 3.63) is 65.2 Å². The predicted octanol–water partition coefficient (Wildman–Crippen LogP) is 4.81. The summed E-state index contributed by atoms with van der Waals surface area (Å²) in [6.45, 7) is 0. The molecule has 18 heavy (non-hydrogen) atoms. The minimum absolute atomic E-state index is 0.294. The first-order valence-electron chi connectivity index (χ1n) is 5.40. The Balaban J connectivity index is 2.19. The third kappa shape index (κ3) is 3.32. The summed E-state index contributed by atoms with van der Waals surface area (Å²) in [7, 11) is 0. The second kappa shape index (κ2) is 5.40. The summed E-state index contributed by atoms with van der Waals surface area (Å²) in [5, 5.41) is 9.69. The fraction of sp³-hybridized carbons (Fsp3) is 0.143. The highest BCUT2D eigenvalue weighted by Crippen LogP contribution is 2.38. The number of benzene rings is 2. The number of para-hydroxylation sites is 1. The van der Waals surface area contributed by atoms with Gasteiger partial charge in [0.1, 0.15) is 5.75 Å². The normalized spacial score (nSPS) is 11.5. The summed E-state index contributed by atoms with van der Waals surface area (Å²) in [5.74, 6) is 0.294. The van der Waals surface area contributed by atoms with Crippen molar-refractivity contribution >= 4 is 34.8 Å². The number of phenols is 1. The molecule has 1 N–H and O–H groups in total. The first-order chi connectivity index (χ1) is 8.47. The third-order valence-corrected chi connectivity index (χ3v) is 3.32. The van der Waals surface area contributed by atoms with Gasteiger partial charge in [0.2, 0.25) is 3.79 Å². The van der Waals surface area contributed by atoms with Crippen LogP contribution < -0.4 is 0 Å². The molecule has 0 spiro atoms. The second-order valence-electron chi connectivity index (χ2n) is 4.00. The molecule has 2 aromatic carbocycles. The van der Waals surface area contributed by atoms with Gasteiger partial charge in [0.15, 0.2) is 0 Å². The fourth-order valence-corrected chi connectivity index (χ4v) is 2.07. The van der Waals surface area contributed by atoms with Gasteiger partial charge in [-0.1, -0.05) is 77.3 Å². The zero-order chi connectivity index (χ0) is 13.2. The smallest absolute Gasteiger partial charge is 0.216 e. The van der Waals surface area contributed by atoms with E-state index in [1.807, 2.05) is 24.3 Å². The molecular formula is C14H11Cl3O. The summed E-state index contributed by atoms with van der Waals surface area (Å²) in [6, 6.07) is 14.6. The van der Waals surface area contributed by atoms with Crippen molar-refractivity contribution in [2.75, 3.05) is 0 Å². The van der Waals surface area contributed by atoms with E-state index >= 15 is 0 Å². The molecule has 4 heteroatoms. The summed E-state index contributed by atoms with van der Waals surface area (Å²) in [5.41, 5.74) is 2.56. The van der Waals surface area contributed by atoms with E-state index in [-0.39, 0.29) is 0 Å². The van der Waals surface area contributed by atoms with Gasteiger partial charge in [0.05, 0.1) is 0 Å². The molecule has 1 nitrogen and oxygen atoms in total. The number of hydrogen-bond donors (Lipinski definition) is 1. The van der Waals surface area contributed by atoms with Gasteiger partial charge in [0.25, 0.3) is 0 Å². The van der Waals surface area contributed by atoms with E-state index in [1.54, 1.807) is 24.3 Å². The lowest BCUT2D eigenvalue weighted by molar-refractivity contribution is 0.469. The number of hydrogen-bond acceptors (Lipinski definition) is 1. The molecule has 0 heterocycles. The molecule has 0 amide bonds. The lowest BCUT2D eigenvalue weighted by Crippen LogP contribution is -2.00. The van der Waals surface area contributed by atoms with Gasteiger partial charge in [-0.2, -0.15) is 0 Å². The Morgan fingerprint density at radius 1 is 0.889 bits per heavy atom. The zero-order valence-corrected chi connectivity index (χ0v) is 11.7. The second-order valence-corrected chi connectivity index (χ2v) is 6.28. The highest BCUT2D eigenvalue weighted by molar-refractivity contribution is 6.66. The number of rotatable bonds is 2. The highest BCUT2D eigenvalue weighted by atomic mass is 35.6. The molecule has 0 saturated heterocycles. The summed E-state index contributed by atoms with van der Waals surface area (Å²) in [6.07, 6.45) is 0.646. The van der Waals surface area contributed by atoms with Crippen LogP contribution in [0.4, 0.5) is 0 Å². The Labute approximate surface area is 121 Å². The Bertz CT molecular complexity index is 529. The van der Waals surface area contributed by atoms with Gasteiger partial charge in [-0.15, -0.1) is 0 Å². The molecule has 2 aromatic rings. The van der Waals surface area contributed by atoms with Crippen LogP contribution in [-0.4, -0.2) is 5.11 Å². The van der Waals surface area contributed by atoms with E-state index < -0.39 is 3.79 Å². The molecule has 2 rings (SSSR count). The van der Waals surface area contributed by atoms with E-state index in [1.165, 1.54) is 0 Å². The maximum atomic E-state index is 9.69. The minimum Gasteiger partial charge on any atom is -0.508 e. The van der Waals surface area contributed by atoms with Crippen molar-refractivity contribution in [2.45, 2.75) is 10.2 Å². The topological polar surface area (TPSA) is 20.2 Å². The van der Waals surface area contributed by atoms with Crippen molar-refractivity contribution in [3.63, 3.8) is 0 Å². The molecule has 0 radical (unpaired) electrons. The van der Waals surface area contributed by atoms with E-state index in [4.69, 9.17) is 34.8 Å². The van der Waals surface area contributed by atoms with Crippen LogP contribution in [0.15, 0.2) is 48.5 Å². The molecule has 0 aliphatic carbocycles. The van der Waals surface area contributed by atoms with Gasteiger partial charge in [-0.05, 0) is 17.2 Å². The molecule has 0 aliphatic heterocycles. The van der Waals surface area contributed by atoms with Crippen molar-refractivity contribution in [2.24, 2.45) is 0 Å². The molecule has 0 aromatic heterocycles. The summed E-state index contributed by atoms with van der Waals surface area (Å²) in [4.78, 5) is 0. The molecule has 0 aliphatic rings. The number of aromatic hydroxyl groups is 1. The Hall–Kier alpha value is -0.890. The SMILES string of the molecule is Oc1ccccc1Cc1ccc(C(Cl)(Cl)Cl)cc1. The van der Waals surface area contributed by atoms with Gasteiger partial charge in [-0.25, -0.2) is 0 Å². The monoisotopic (exact) mass is 300 g/mol.